The normalized spacial score (nSPS) is 10.1. The van der Waals surface area contributed by atoms with Gasteiger partial charge in [-0.1, -0.05) is 17.7 Å². The Balaban J connectivity index is 2.21. The van der Waals surface area contributed by atoms with E-state index in [9.17, 15) is 4.79 Å². The third-order valence-electron chi connectivity index (χ3n) is 2.47. The van der Waals surface area contributed by atoms with Gasteiger partial charge in [0.05, 0.1) is 5.56 Å². The molecule has 0 bridgehead atoms. The molecule has 2 aromatic carbocycles. The lowest BCUT2D eigenvalue weighted by molar-refractivity contribution is 0.0736. The molecule has 0 saturated carbocycles. The summed E-state index contributed by atoms with van der Waals surface area (Å²) in [5, 5.41) is 0. The van der Waals surface area contributed by atoms with Gasteiger partial charge in [0.2, 0.25) is 0 Å². The van der Waals surface area contributed by atoms with E-state index in [4.69, 9.17) is 10.5 Å². The molecular formula is C14H12INO2. The number of carbonyl (C=O) groups is 1. The quantitative estimate of drug-likeness (QED) is 0.390. The van der Waals surface area contributed by atoms with Crippen LogP contribution < -0.4 is 10.5 Å². The Morgan fingerprint density at radius 3 is 2.50 bits per heavy atom. The second-order valence-corrected chi connectivity index (χ2v) is 5.18. The van der Waals surface area contributed by atoms with Gasteiger partial charge in [-0.15, -0.1) is 0 Å². The first-order chi connectivity index (χ1) is 8.56. The SMILES string of the molecule is Cc1ccc(OC(=O)c2cc(I)ccc2N)cc1. The van der Waals surface area contributed by atoms with E-state index in [2.05, 4.69) is 22.6 Å². The highest BCUT2D eigenvalue weighted by molar-refractivity contribution is 14.1. The molecular weight excluding hydrogens is 341 g/mol. The number of nitrogen functional groups attached to an aromatic ring is 1. The molecule has 0 saturated heterocycles. The predicted molar refractivity (Wildman–Crippen MR) is 79.7 cm³/mol. The van der Waals surface area contributed by atoms with Crippen molar-refractivity contribution in [2.24, 2.45) is 0 Å². The molecule has 0 fully saturated rings. The molecule has 0 aliphatic heterocycles. The summed E-state index contributed by atoms with van der Waals surface area (Å²) < 4.78 is 6.21. The van der Waals surface area contributed by atoms with Crippen molar-refractivity contribution in [3.63, 3.8) is 0 Å². The zero-order valence-corrected chi connectivity index (χ0v) is 12.0. The largest absolute Gasteiger partial charge is 0.423 e. The van der Waals surface area contributed by atoms with Crippen molar-refractivity contribution in [2.45, 2.75) is 6.92 Å². The van der Waals surface area contributed by atoms with Gasteiger partial charge in [-0.3, -0.25) is 0 Å². The van der Waals surface area contributed by atoms with Crippen molar-refractivity contribution in [1.82, 2.24) is 0 Å². The minimum absolute atomic E-state index is 0.391. The zero-order valence-electron chi connectivity index (χ0n) is 9.81. The Labute approximate surface area is 119 Å². The van der Waals surface area contributed by atoms with Gasteiger partial charge in [0.15, 0.2) is 0 Å². The lowest BCUT2D eigenvalue weighted by Gasteiger charge is -2.07. The molecule has 0 amide bonds. The molecule has 0 aliphatic rings. The van der Waals surface area contributed by atoms with Crippen LogP contribution in [0.2, 0.25) is 0 Å². The Morgan fingerprint density at radius 2 is 1.83 bits per heavy atom. The van der Waals surface area contributed by atoms with Gasteiger partial charge in [-0.05, 0) is 59.8 Å². The highest BCUT2D eigenvalue weighted by Gasteiger charge is 2.12. The molecule has 4 heteroatoms. The summed E-state index contributed by atoms with van der Waals surface area (Å²) in [4.78, 5) is 12.0. The summed E-state index contributed by atoms with van der Waals surface area (Å²) in [7, 11) is 0. The first-order valence-electron chi connectivity index (χ1n) is 5.40. The van der Waals surface area contributed by atoms with Crippen molar-refractivity contribution in [3.05, 3.63) is 57.2 Å². The summed E-state index contributed by atoms with van der Waals surface area (Å²) in [6.45, 7) is 1.98. The first-order valence-corrected chi connectivity index (χ1v) is 6.48. The van der Waals surface area contributed by atoms with E-state index in [0.29, 0.717) is 17.0 Å². The maximum absolute atomic E-state index is 12.0. The number of esters is 1. The molecule has 0 atom stereocenters. The molecule has 0 aliphatic carbocycles. The number of anilines is 1. The number of aryl methyl sites for hydroxylation is 1. The average Bonchev–Trinajstić information content (AvgIpc) is 2.35. The van der Waals surface area contributed by atoms with E-state index in [1.165, 1.54) is 0 Å². The summed E-state index contributed by atoms with van der Waals surface area (Å²) in [5.41, 5.74) is 7.69. The highest BCUT2D eigenvalue weighted by atomic mass is 127. The van der Waals surface area contributed by atoms with Crippen molar-refractivity contribution >= 4 is 34.2 Å². The Hall–Kier alpha value is -1.56. The maximum atomic E-state index is 12.0. The predicted octanol–water partition coefficient (Wildman–Crippen LogP) is 3.40. The van der Waals surface area contributed by atoms with E-state index in [-0.39, 0.29) is 0 Å². The second-order valence-electron chi connectivity index (χ2n) is 3.93. The van der Waals surface area contributed by atoms with Crippen molar-refractivity contribution in [1.29, 1.82) is 0 Å². The molecule has 0 heterocycles. The fraction of sp³-hybridized carbons (Fsp3) is 0.0714. The van der Waals surface area contributed by atoms with Crippen LogP contribution >= 0.6 is 22.6 Å². The number of hydrogen-bond acceptors (Lipinski definition) is 3. The van der Waals surface area contributed by atoms with Crippen LogP contribution in [0.1, 0.15) is 15.9 Å². The van der Waals surface area contributed by atoms with Crippen molar-refractivity contribution < 1.29 is 9.53 Å². The molecule has 18 heavy (non-hydrogen) atoms. The maximum Gasteiger partial charge on any atom is 0.345 e. The molecule has 2 aromatic rings. The van der Waals surface area contributed by atoms with Gasteiger partial charge in [-0.2, -0.15) is 0 Å². The van der Waals surface area contributed by atoms with E-state index < -0.39 is 5.97 Å². The van der Waals surface area contributed by atoms with E-state index in [1.54, 1.807) is 24.3 Å². The van der Waals surface area contributed by atoms with Gasteiger partial charge >= 0.3 is 5.97 Å². The third kappa shape index (κ3) is 3.01. The van der Waals surface area contributed by atoms with E-state index >= 15 is 0 Å². The smallest absolute Gasteiger partial charge is 0.345 e. The number of benzene rings is 2. The summed E-state index contributed by atoms with van der Waals surface area (Å²) in [6.07, 6.45) is 0. The lowest BCUT2D eigenvalue weighted by atomic mass is 10.2. The van der Waals surface area contributed by atoms with Gasteiger partial charge in [0.1, 0.15) is 5.75 Å². The van der Waals surface area contributed by atoms with Crippen LogP contribution in [0.25, 0.3) is 0 Å². The fourth-order valence-electron chi connectivity index (χ4n) is 1.47. The summed E-state index contributed by atoms with van der Waals surface area (Å²) in [6, 6.07) is 12.6. The number of ether oxygens (including phenoxy) is 1. The van der Waals surface area contributed by atoms with Crippen molar-refractivity contribution in [3.8, 4) is 5.75 Å². The number of nitrogens with two attached hydrogens (primary N) is 1. The number of halogens is 1. The monoisotopic (exact) mass is 353 g/mol. The van der Waals surface area contributed by atoms with Crippen LogP contribution in [0.3, 0.4) is 0 Å². The zero-order chi connectivity index (χ0) is 13.1. The van der Waals surface area contributed by atoms with Crippen LogP contribution in [0, 0.1) is 10.5 Å². The van der Waals surface area contributed by atoms with Gasteiger partial charge in [0.25, 0.3) is 0 Å². The summed E-state index contributed by atoms with van der Waals surface area (Å²) >= 11 is 2.13. The standard InChI is InChI=1S/C14H12INO2/c1-9-2-5-11(6-3-9)18-14(17)12-8-10(15)4-7-13(12)16/h2-8H,16H2,1H3. The van der Waals surface area contributed by atoms with Crippen LogP contribution in [-0.2, 0) is 0 Å². The fourth-order valence-corrected chi connectivity index (χ4v) is 1.96. The van der Waals surface area contributed by atoms with Crippen LogP contribution in [0.15, 0.2) is 42.5 Å². The molecule has 92 valence electrons. The molecule has 0 radical (unpaired) electrons. The number of rotatable bonds is 2. The van der Waals surface area contributed by atoms with Crippen LogP contribution in [0.5, 0.6) is 5.75 Å². The van der Waals surface area contributed by atoms with Crippen LogP contribution in [0.4, 0.5) is 5.69 Å². The number of carbonyl (C=O) groups excluding carboxylic acids is 1. The topological polar surface area (TPSA) is 52.3 Å². The number of hydrogen-bond donors (Lipinski definition) is 1. The highest BCUT2D eigenvalue weighted by Crippen LogP contribution is 2.19. The van der Waals surface area contributed by atoms with E-state index in [0.717, 1.165) is 9.13 Å². The average molecular weight is 353 g/mol. The Morgan fingerprint density at radius 1 is 1.17 bits per heavy atom. The molecule has 2 N–H and O–H groups in total. The van der Waals surface area contributed by atoms with Gasteiger partial charge in [-0.25, -0.2) is 4.79 Å². The van der Waals surface area contributed by atoms with Gasteiger partial charge in [0, 0.05) is 9.26 Å². The molecule has 0 unspecified atom stereocenters. The molecule has 2 rings (SSSR count). The first kappa shape index (κ1) is 12.9. The lowest BCUT2D eigenvalue weighted by Crippen LogP contribution is -2.11. The Kier molecular flexibility index (Phi) is 3.86. The molecule has 3 nitrogen and oxygen atoms in total. The van der Waals surface area contributed by atoms with Gasteiger partial charge < -0.3 is 10.5 Å². The summed E-state index contributed by atoms with van der Waals surface area (Å²) in [5.74, 6) is 0.0822. The van der Waals surface area contributed by atoms with Crippen molar-refractivity contribution in [2.75, 3.05) is 5.73 Å². The molecule has 0 spiro atoms. The molecule has 0 aromatic heterocycles. The van der Waals surface area contributed by atoms with Crippen LogP contribution in [-0.4, -0.2) is 5.97 Å². The van der Waals surface area contributed by atoms with E-state index in [1.807, 2.05) is 25.1 Å². The third-order valence-corrected chi connectivity index (χ3v) is 3.14. The minimum Gasteiger partial charge on any atom is -0.423 e. The minimum atomic E-state index is -0.435. The Bertz CT molecular complexity index is 579. The second kappa shape index (κ2) is 5.39.